The van der Waals surface area contributed by atoms with Gasteiger partial charge in [0.15, 0.2) is 0 Å². The van der Waals surface area contributed by atoms with E-state index in [1.54, 1.807) is 22.3 Å². The minimum absolute atomic E-state index is 0.0448. The molecule has 0 unspecified atom stereocenters. The molecule has 1 amide bonds. The van der Waals surface area contributed by atoms with Crippen LogP contribution in [-0.4, -0.2) is 44.3 Å². The molecule has 0 saturated carbocycles. The van der Waals surface area contributed by atoms with E-state index in [4.69, 9.17) is 9.72 Å². The summed E-state index contributed by atoms with van der Waals surface area (Å²) in [5, 5.41) is 15.6. The Balaban J connectivity index is 1.53. The summed E-state index contributed by atoms with van der Waals surface area (Å²) in [6.45, 7) is 5.15. The summed E-state index contributed by atoms with van der Waals surface area (Å²) in [7, 11) is 0. The van der Waals surface area contributed by atoms with E-state index in [9.17, 15) is 4.79 Å². The Labute approximate surface area is 160 Å². The molecule has 3 aromatic rings. The SMILES string of the molecule is CC(C)(NC(=O)CC1(n2cnnn2)CCOCC1)c1nc2ccccc2s1. The molecule has 1 saturated heterocycles. The first kappa shape index (κ1) is 18.0. The fraction of sp³-hybridized carbons (Fsp3) is 0.500. The highest BCUT2D eigenvalue weighted by atomic mass is 32.1. The van der Waals surface area contributed by atoms with Gasteiger partial charge < -0.3 is 10.1 Å². The summed E-state index contributed by atoms with van der Waals surface area (Å²) in [5.41, 5.74) is -0.0575. The smallest absolute Gasteiger partial charge is 0.223 e. The van der Waals surface area contributed by atoms with Crippen molar-refractivity contribution >= 4 is 27.5 Å². The number of rotatable bonds is 5. The van der Waals surface area contributed by atoms with Crippen molar-refractivity contribution in [1.82, 2.24) is 30.5 Å². The van der Waals surface area contributed by atoms with Gasteiger partial charge in [-0.2, -0.15) is 0 Å². The van der Waals surface area contributed by atoms with Crippen LogP contribution in [-0.2, 0) is 20.6 Å². The molecule has 1 N–H and O–H groups in total. The number of hydrogen-bond acceptors (Lipinski definition) is 7. The van der Waals surface area contributed by atoms with Crippen LogP contribution in [0.5, 0.6) is 0 Å². The van der Waals surface area contributed by atoms with Crippen LogP contribution in [0.2, 0.25) is 0 Å². The molecule has 3 heterocycles. The van der Waals surface area contributed by atoms with E-state index >= 15 is 0 Å². The van der Waals surface area contributed by atoms with Crippen molar-refractivity contribution in [3.05, 3.63) is 35.6 Å². The van der Waals surface area contributed by atoms with Crippen molar-refractivity contribution in [3.63, 3.8) is 0 Å². The number of aromatic nitrogens is 5. The molecule has 0 atom stereocenters. The van der Waals surface area contributed by atoms with Crippen LogP contribution in [0.3, 0.4) is 0 Å². The van der Waals surface area contributed by atoms with Gasteiger partial charge >= 0.3 is 0 Å². The maximum atomic E-state index is 13.0. The van der Waals surface area contributed by atoms with E-state index in [1.165, 1.54) is 0 Å². The highest BCUT2D eigenvalue weighted by molar-refractivity contribution is 7.18. The number of thiazole rings is 1. The van der Waals surface area contributed by atoms with E-state index < -0.39 is 11.1 Å². The molecule has 9 heteroatoms. The van der Waals surface area contributed by atoms with Gasteiger partial charge in [0.2, 0.25) is 5.91 Å². The summed E-state index contributed by atoms with van der Waals surface area (Å²) in [4.78, 5) is 17.7. The quantitative estimate of drug-likeness (QED) is 0.723. The lowest BCUT2D eigenvalue weighted by atomic mass is 9.86. The van der Waals surface area contributed by atoms with Gasteiger partial charge in [-0.05, 0) is 49.2 Å². The Morgan fingerprint density at radius 2 is 2.11 bits per heavy atom. The number of hydrogen-bond donors (Lipinski definition) is 1. The molecule has 2 aromatic heterocycles. The Kier molecular flexibility index (Phi) is 4.65. The zero-order chi connectivity index (χ0) is 18.9. The fourth-order valence-corrected chi connectivity index (χ4v) is 4.52. The van der Waals surface area contributed by atoms with Crippen molar-refractivity contribution in [2.45, 2.75) is 44.2 Å². The van der Waals surface area contributed by atoms with Gasteiger partial charge in [0.05, 0.1) is 27.7 Å². The molecule has 8 nitrogen and oxygen atoms in total. The number of benzene rings is 1. The highest BCUT2D eigenvalue weighted by Gasteiger charge is 2.39. The second kappa shape index (κ2) is 6.97. The maximum Gasteiger partial charge on any atom is 0.223 e. The van der Waals surface area contributed by atoms with Gasteiger partial charge in [-0.1, -0.05) is 12.1 Å². The van der Waals surface area contributed by atoms with Crippen LogP contribution in [0, 0.1) is 0 Å². The average molecular weight is 386 g/mol. The second-order valence-electron chi connectivity index (χ2n) is 7.43. The summed E-state index contributed by atoms with van der Waals surface area (Å²) in [6, 6.07) is 8.00. The summed E-state index contributed by atoms with van der Waals surface area (Å²) in [5.74, 6) is -0.0448. The van der Waals surface area contributed by atoms with Crippen LogP contribution in [0.25, 0.3) is 10.2 Å². The molecule has 1 aliphatic rings. The summed E-state index contributed by atoms with van der Waals surface area (Å²) < 4.78 is 8.31. The van der Waals surface area contributed by atoms with Crippen molar-refractivity contribution in [3.8, 4) is 0 Å². The van der Waals surface area contributed by atoms with E-state index in [1.807, 2.05) is 38.1 Å². The molecular formula is C18H22N6O2S. The Hall–Kier alpha value is -2.39. The van der Waals surface area contributed by atoms with E-state index in [0.717, 1.165) is 15.2 Å². The maximum absolute atomic E-state index is 13.0. The molecular weight excluding hydrogens is 364 g/mol. The molecule has 0 radical (unpaired) electrons. The van der Waals surface area contributed by atoms with Gasteiger partial charge in [0.1, 0.15) is 11.3 Å². The molecule has 0 aliphatic carbocycles. The predicted molar refractivity (Wildman–Crippen MR) is 101 cm³/mol. The van der Waals surface area contributed by atoms with E-state index in [0.29, 0.717) is 32.5 Å². The van der Waals surface area contributed by atoms with Crippen molar-refractivity contribution in [1.29, 1.82) is 0 Å². The van der Waals surface area contributed by atoms with E-state index in [-0.39, 0.29) is 5.91 Å². The lowest BCUT2D eigenvalue weighted by molar-refractivity contribution is -0.126. The van der Waals surface area contributed by atoms with Gasteiger partial charge in [0, 0.05) is 13.2 Å². The third-order valence-corrected chi connectivity index (χ3v) is 6.39. The normalized spacial score (nSPS) is 17.1. The first-order chi connectivity index (χ1) is 13.0. The standard InChI is InChI=1S/C18H22N6O2S/c1-17(2,16-20-13-5-3-4-6-14(13)27-16)21-15(25)11-18(7-9-26-10-8-18)24-12-19-22-23-24/h3-6,12H,7-11H2,1-2H3,(H,21,25). The Bertz CT molecular complexity index is 897. The lowest BCUT2D eigenvalue weighted by Crippen LogP contribution is -2.48. The Morgan fingerprint density at radius 1 is 1.33 bits per heavy atom. The molecule has 1 fully saturated rings. The number of amides is 1. The van der Waals surface area contributed by atoms with Crippen molar-refractivity contribution in [2.24, 2.45) is 0 Å². The zero-order valence-electron chi connectivity index (χ0n) is 15.4. The Morgan fingerprint density at radius 3 is 2.81 bits per heavy atom. The zero-order valence-corrected chi connectivity index (χ0v) is 16.2. The molecule has 0 spiro atoms. The van der Waals surface area contributed by atoms with Crippen LogP contribution < -0.4 is 5.32 Å². The fourth-order valence-electron chi connectivity index (χ4n) is 3.50. The third kappa shape index (κ3) is 3.57. The topological polar surface area (TPSA) is 94.8 Å². The van der Waals surface area contributed by atoms with Gasteiger partial charge in [0.25, 0.3) is 0 Å². The van der Waals surface area contributed by atoms with Crippen LogP contribution >= 0.6 is 11.3 Å². The number of ether oxygens (including phenoxy) is 1. The molecule has 1 aliphatic heterocycles. The van der Waals surface area contributed by atoms with Crippen molar-refractivity contribution < 1.29 is 9.53 Å². The molecule has 142 valence electrons. The van der Waals surface area contributed by atoms with Crippen LogP contribution in [0.1, 0.15) is 38.1 Å². The van der Waals surface area contributed by atoms with Crippen molar-refractivity contribution in [2.75, 3.05) is 13.2 Å². The van der Waals surface area contributed by atoms with E-state index in [2.05, 4.69) is 20.8 Å². The first-order valence-electron chi connectivity index (χ1n) is 8.97. The molecule has 4 rings (SSSR count). The van der Waals surface area contributed by atoms with Gasteiger partial charge in [-0.25, -0.2) is 9.67 Å². The summed E-state index contributed by atoms with van der Waals surface area (Å²) in [6.07, 6.45) is 3.28. The van der Waals surface area contributed by atoms with Gasteiger partial charge in [-0.15, -0.1) is 16.4 Å². The highest BCUT2D eigenvalue weighted by Crippen LogP contribution is 2.33. The van der Waals surface area contributed by atoms with Gasteiger partial charge in [-0.3, -0.25) is 4.79 Å². The number of carbonyl (C=O) groups excluding carboxylic acids is 1. The average Bonchev–Trinajstić information content (AvgIpc) is 3.32. The second-order valence-corrected chi connectivity index (χ2v) is 8.46. The number of tetrazole rings is 1. The lowest BCUT2D eigenvalue weighted by Gasteiger charge is -2.37. The third-order valence-electron chi connectivity index (χ3n) is 5.03. The monoisotopic (exact) mass is 386 g/mol. The molecule has 0 bridgehead atoms. The number of nitrogens with zero attached hydrogens (tertiary/aromatic N) is 5. The number of nitrogens with one attached hydrogen (secondary N) is 1. The van der Waals surface area contributed by atoms with Crippen LogP contribution in [0.4, 0.5) is 0 Å². The number of fused-ring (bicyclic) bond motifs is 1. The minimum Gasteiger partial charge on any atom is -0.381 e. The largest absolute Gasteiger partial charge is 0.381 e. The molecule has 1 aromatic carbocycles. The minimum atomic E-state index is -0.562. The predicted octanol–water partition coefficient (Wildman–Crippen LogP) is 2.23. The number of para-hydroxylation sites is 1. The summed E-state index contributed by atoms with van der Waals surface area (Å²) >= 11 is 1.61. The molecule has 27 heavy (non-hydrogen) atoms. The van der Waals surface area contributed by atoms with Crippen LogP contribution in [0.15, 0.2) is 30.6 Å². The number of carbonyl (C=O) groups is 1. The first-order valence-corrected chi connectivity index (χ1v) is 9.79.